The summed E-state index contributed by atoms with van der Waals surface area (Å²) in [6.45, 7) is 3.58. The zero-order valence-electron chi connectivity index (χ0n) is 20.1. The molecule has 1 N–H and O–H groups in total. The zero-order valence-corrected chi connectivity index (χ0v) is 20.1. The smallest absolute Gasteiger partial charge is 0.285 e. The summed E-state index contributed by atoms with van der Waals surface area (Å²) in [6, 6.07) is 9.26. The molecule has 3 aromatic rings. The predicted octanol–water partition coefficient (Wildman–Crippen LogP) is 5.70. The van der Waals surface area contributed by atoms with Crippen LogP contribution in [0.25, 0.3) is 16.7 Å². The first kappa shape index (κ1) is 23.5. The average molecular weight is 508 g/mol. The van der Waals surface area contributed by atoms with Gasteiger partial charge in [0.1, 0.15) is 23.7 Å². The lowest BCUT2D eigenvalue weighted by Crippen LogP contribution is -2.44. The second kappa shape index (κ2) is 9.23. The maximum atomic E-state index is 15.6. The number of amidine groups is 1. The van der Waals surface area contributed by atoms with Crippen molar-refractivity contribution < 1.29 is 27.4 Å². The summed E-state index contributed by atoms with van der Waals surface area (Å²) in [7, 11) is 0. The minimum Gasteiger partial charge on any atom is -0.462 e. The van der Waals surface area contributed by atoms with Gasteiger partial charge in [0.2, 0.25) is 5.95 Å². The fourth-order valence-electron chi connectivity index (χ4n) is 5.03. The molecule has 1 spiro atoms. The summed E-state index contributed by atoms with van der Waals surface area (Å²) < 4.78 is 62.7. The van der Waals surface area contributed by atoms with E-state index in [-0.39, 0.29) is 29.2 Å². The topological polar surface area (TPSA) is 65.0 Å². The Bertz CT molecular complexity index is 1460. The highest BCUT2D eigenvalue weighted by atomic mass is 19.1. The number of fused-ring (bicyclic) bond motifs is 4. The zero-order chi connectivity index (χ0) is 25.6. The number of pyridine rings is 1. The van der Waals surface area contributed by atoms with E-state index in [4.69, 9.17) is 14.2 Å². The molecule has 0 amide bonds. The van der Waals surface area contributed by atoms with Crippen LogP contribution in [0.15, 0.2) is 53.7 Å². The summed E-state index contributed by atoms with van der Waals surface area (Å²) in [5.74, 6) is -1.99. The van der Waals surface area contributed by atoms with E-state index in [2.05, 4.69) is 15.3 Å². The van der Waals surface area contributed by atoms with E-state index in [0.29, 0.717) is 48.9 Å². The molecule has 0 bridgehead atoms. The predicted molar refractivity (Wildman–Crippen MR) is 132 cm³/mol. The lowest BCUT2D eigenvalue weighted by atomic mass is 9.78. The fourth-order valence-corrected chi connectivity index (χ4v) is 5.03. The molecule has 1 saturated heterocycles. The molecular weight excluding hydrogens is 483 g/mol. The van der Waals surface area contributed by atoms with Crippen LogP contribution >= 0.6 is 0 Å². The Kier molecular flexibility index (Phi) is 5.87. The van der Waals surface area contributed by atoms with Crippen LogP contribution in [0.4, 0.5) is 13.2 Å². The van der Waals surface area contributed by atoms with E-state index in [1.54, 1.807) is 0 Å². The molecule has 0 saturated carbocycles. The van der Waals surface area contributed by atoms with Crippen molar-refractivity contribution in [2.45, 2.75) is 25.3 Å². The van der Waals surface area contributed by atoms with Gasteiger partial charge < -0.3 is 19.5 Å². The molecule has 3 aliphatic rings. The highest BCUT2D eigenvalue weighted by Crippen LogP contribution is 2.51. The third-order valence-electron chi connectivity index (χ3n) is 6.85. The third-order valence-corrected chi connectivity index (χ3v) is 6.85. The molecule has 4 heterocycles. The van der Waals surface area contributed by atoms with Crippen LogP contribution < -0.4 is 10.1 Å². The van der Waals surface area contributed by atoms with Gasteiger partial charge in [0.25, 0.3) is 6.02 Å². The number of aromatic nitrogens is 1. The van der Waals surface area contributed by atoms with E-state index in [1.807, 2.05) is 19.1 Å². The minimum atomic E-state index is -1.14. The summed E-state index contributed by atoms with van der Waals surface area (Å²) in [5, 5.41) is 3.33. The summed E-state index contributed by atoms with van der Waals surface area (Å²) in [4.78, 5) is 8.13. The number of ether oxygens (including phenoxy) is 3. The molecule has 190 valence electrons. The van der Waals surface area contributed by atoms with Gasteiger partial charge in [-0.2, -0.15) is 4.39 Å². The quantitative estimate of drug-likeness (QED) is 0.459. The van der Waals surface area contributed by atoms with Crippen molar-refractivity contribution in [3.05, 3.63) is 82.9 Å². The molecule has 37 heavy (non-hydrogen) atoms. The van der Waals surface area contributed by atoms with Crippen molar-refractivity contribution in [1.29, 1.82) is 0 Å². The molecule has 1 atom stereocenters. The Morgan fingerprint density at radius 3 is 2.76 bits per heavy atom. The van der Waals surface area contributed by atoms with Crippen molar-refractivity contribution in [1.82, 2.24) is 10.3 Å². The standard InChI is InChI=1S/C28H24F3N3O3/c1-2-7-33-27-34-28(15-36-27)20-13-19(18-4-3-8-32-26(18)31)22(29)14-24(20)37-25-21(28)11-17(12-23(25)30)16-5-9-35-10-6-16/h3-5,8,11-14H,2,6-7,9-10,15H2,1H3,(H,33,34). The molecule has 1 unspecified atom stereocenters. The van der Waals surface area contributed by atoms with Crippen molar-refractivity contribution in [2.24, 2.45) is 4.99 Å². The highest BCUT2D eigenvalue weighted by Gasteiger charge is 2.50. The second-order valence-electron chi connectivity index (χ2n) is 9.17. The van der Waals surface area contributed by atoms with Crippen molar-refractivity contribution in [3.8, 4) is 22.6 Å². The van der Waals surface area contributed by atoms with Gasteiger partial charge in [-0.1, -0.05) is 13.0 Å². The van der Waals surface area contributed by atoms with Crippen LogP contribution in [-0.4, -0.2) is 37.4 Å². The maximum absolute atomic E-state index is 15.6. The van der Waals surface area contributed by atoms with Crippen molar-refractivity contribution >= 4 is 11.6 Å². The van der Waals surface area contributed by atoms with Crippen LogP contribution in [0.2, 0.25) is 0 Å². The number of hydrogen-bond donors (Lipinski definition) is 1. The number of hydrogen-bond acceptors (Lipinski definition) is 5. The lowest BCUT2D eigenvalue weighted by molar-refractivity contribution is 0.161. The summed E-state index contributed by atoms with van der Waals surface area (Å²) in [5.41, 5.74) is 1.53. The number of rotatable bonds is 4. The Hall–Kier alpha value is -3.85. The Morgan fingerprint density at radius 2 is 1.97 bits per heavy atom. The molecule has 9 heteroatoms. The molecule has 6 nitrogen and oxygen atoms in total. The van der Waals surface area contributed by atoms with Gasteiger partial charge in [0, 0.05) is 41.1 Å². The second-order valence-corrected chi connectivity index (χ2v) is 9.17. The molecule has 6 rings (SSSR count). The average Bonchev–Trinajstić information content (AvgIpc) is 3.33. The molecule has 0 radical (unpaired) electrons. The first-order valence-corrected chi connectivity index (χ1v) is 12.2. The Morgan fingerprint density at radius 1 is 1.08 bits per heavy atom. The van der Waals surface area contributed by atoms with Gasteiger partial charge in [0.05, 0.1) is 13.2 Å². The Labute approximate surface area is 211 Å². The number of aliphatic imine (C=N–C) groups is 1. The van der Waals surface area contributed by atoms with Crippen molar-refractivity contribution in [2.75, 3.05) is 26.4 Å². The first-order chi connectivity index (χ1) is 18.0. The van der Waals surface area contributed by atoms with Gasteiger partial charge in [-0.05, 0) is 54.3 Å². The van der Waals surface area contributed by atoms with E-state index >= 15 is 8.78 Å². The fraction of sp³-hybridized carbons (Fsp3) is 0.286. The van der Waals surface area contributed by atoms with Gasteiger partial charge in [-0.15, -0.1) is 0 Å². The van der Waals surface area contributed by atoms with E-state index in [1.165, 1.54) is 30.5 Å². The van der Waals surface area contributed by atoms with E-state index in [9.17, 15) is 4.39 Å². The van der Waals surface area contributed by atoms with Gasteiger partial charge in [-0.3, -0.25) is 0 Å². The van der Waals surface area contributed by atoms with Crippen LogP contribution in [0.3, 0.4) is 0 Å². The molecule has 1 fully saturated rings. The maximum Gasteiger partial charge on any atom is 0.285 e. The number of halogens is 3. The summed E-state index contributed by atoms with van der Waals surface area (Å²) >= 11 is 0. The largest absolute Gasteiger partial charge is 0.462 e. The van der Waals surface area contributed by atoms with Crippen LogP contribution in [0.5, 0.6) is 11.5 Å². The summed E-state index contributed by atoms with van der Waals surface area (Å²) in [6.07, 6.45) is 4.68. The van der Waals surface area contributed by atoms with Crippen LogP contribution in [0, 0.1) is 17.6 Å². The number of nitrogens with one attached hydrogen (secondary N) is 1. The van der Waals surface area contributed by atoms with Crippen LogP contribution in [-0.2, 0) is 15.0 Å². The molecule has 1 aromatic heterocycles. The number of nitrogens with zero attached hydrogens (tertiary/aromatic N) is 2. The molecular formula is C28H24F3N3O3. The molecule has 0 aliphatic carbocycles. The van der Waals surface area contributed by atoms with E-state index in [0.717, 1.165) is 18.1 Å². The normalized spacial score (nSPS) is 21.1. The van der Waals surface area contributed by atoms with Gasteiger partial charge in [0.15, 0.2) is 11.6 Å². The molecule has 3 aliphatic heterocycles. The minimum absolute atomic E-state index is 0.00910. The third kappa shape index (κ3) is 3.94. The lowest BCUT2D eigenvalue weighted by Gasteiger charge is -2.36. The number of benzene rings is 2. The highest BCUT2D eigenvalue weighted by molar-refractivity contribution is 5.81. The van der Waals surface area contributed by atoms with E-state index < -0.39 is 23.1 Å². The molecule has 2 aromatic carbocycles. The first-order valence-electron chi connectivity index (χ1n) is 12.2. The monoisotopic (exact) mass is 507 g/mol. The SMILES string of the molecule is CCCN=C1NC2(CO1)c1cc(-c3cccnc3F)c(F)cc1Oc1c(F)cc(C3=CCOCC3)cc12. The van der Waals surface area contributed by atoms with Gasteiger partial charge in [-0.25, -0.2) is 18.8 Å². The van der Waals surface area contributed by atoms with Gasteiger partial charge >= 0.3 is 0 Å². The Balaban J connectivity index is 1.57. The van der Waals surface area contributed by atoms with Crippen molar-refractivity contribution in [3.63, 3.8) is 0 Å². The van der Waals surface area contributed by atoms with Crippen LogP contribution in [0.1, 0.15) is 36.5 Å².